The predicted molar refractivity (Wildman–Crippen MR) is 55.9 cm³/mol. The highest BCUT2D eigenvalue weighted by atomic mass is 16.1. The second kappa shape index (κ2) is 3.42. The van der Waals surface area contributed by atoms with Gasteiger partial charge in [0.05, 0.1) is 0 Å². The summed E-state index contributed by atoms with van der Waals surface area (Å²) in [5.74, 6) is -0.00652. The van der Waals surface area contributed by atoms with E-state index in [2.05, 4.69) is 23.3 Å². The van der Waals surface area contributed by atoms with Gasteiger partial charge in [-0.25, -0.2) is 0 Å². The summed E-state index contributed by atoms with van der Waals surface area (Å²) in [6, 6.07) is 6.06. The van der Waals surface area contributed by atoms with E-state index in [1.54, 1.807) is 0 Å². The summed E-state index contributed by atoms with van der Waals surface area (Å²) in [6.45, 7) is 3.44. The van der Waals surface area contributed by atoms with E-state index in [1.165, 1.54) is 18.1 Å². The van der Waals surface area contributed by atoms with Crippen LogP contribution in [0.4, 0.5) is 5.69 Å². The molecule has 0 aliphatic carbocycles. The highest BCUT2D eigenvalue weighted by molar-refractivity contribution is 5.89. The molecule has 3 nitrogen and oxygen atoms in total. The molecular weight excluding hydrogens is 176 g/mol. The van der Waals surface area contributed by atoms with E-state index < -0.39 is 0 Å². The van der Waals surface area contributed by atoms with Crippen molar-refractivity contribution in [2.45, 2.75) is 20.0 Å². The van der Waals surface area contributed by atoms with E-state index in [0.717, 1.165) is 18.8 Å². The van der Waals surface area contributed by atoms with Crippen LogP contribution in [0.1, 0.15) is 18.1 Å². The highest BCUT2D eigenvalue weighted by Gasteiger charge is 2.18. The minimum absolute atomic E-state index is 0.00652. The maximum Gasteiger partial charge on any atom is 0.221 e. The lowest BCUT2D eigenvalue weighted by molar-refractivity contribution is -0.114. The molecule has 1 aromatic rings. The van der Waals surface area contributed by atoms with Gasteiger partial charge < -0.3 is 5.32 Å². The maximum atomic E-state index is 11.0. The van der Waals surface area contributed by atoms with E-state index in [-0.39, 0.29) is 5.91 Å². The van der Waals surface area contributed by atoms with Crippen molar-refractivity contribution in [2.24, 2.45) is 0 Å². The van der Waals surface area contributed by atoms with E-state index in [0.29, 0.717) is 0 Å². The van der Waals surface area contributed by atoms with E-state index in [4.69, 9.17) is 0 Å². The topological polar surface area (TPSA) is 32.3 Å². The first-order chi connectivity index (χ1) is 6.66. The number of rotatable bonds is 1. The largest absolute Gasteiger partial charge is 0.326 e. The first kappa shape index (κ1) is 9.21. The van der Waals surface area contributed by atoms with Gasteiger partial charge in [-0.1, -0.05) is 12.1 Å². The fourth-order valence-electron chi connectivity index (χ4n) is 1.89. The molecule has 0 atom stereocenters. The highest BCUT2D eigenvalue weighted by Crippen LogP contribution is 2.27. The first-order valence-corrected chi connectivity index (χ1v) is 4.73. The average molecular weight is 190 g/mol. The molecule has 74 valence electrons. The van der Waals surface area contributed by atoms with Crippen LogP contribution in [0, 0.1) is 0 Å². The van der Waals surface area contributed by atoms with Gasteiger partial charge >= 0.3 is 0 Å². The molecule has 0 bridgehead atoms. The summed E-state index contributed by atoms with van der Waals surface area (Å²) in [7, 11) is 2.08. The summed E-state index contributed by atoms with van der Waals surface area (Å²) in [4.78, 5) is 13.2. The zero-order valence-electron chi connectivity index (χ0n) is 8.50. The van der Waals surface area contributed by atoms with Crippen LogP contribution in [0.15, 0.2) is 18.2 Å². The minimum Gasteiger partial charge on any atom is -0.326 e. The molecule has 14 heavy (non-hydrogen) atoms. The average Bonchev–Trinajstić information content (AvgIpc) is 2.45. The molecule has 2 rings (SSSR count). The third-order valence-corrected chi connectivity index (χ3v) is 2.45. The lowest BCUT2D eigenvalue weighted by Crippen LogP contribution is -2.10. The lowest BCUT2D eigenvalue weighted by Gasteiger charge is -2.08. The molecule has 1 N–H and O–H groups in total. The predicted octanol–water partition coefficient (Wildman–Crippen LogP) is 1.59. The molecule has 1 amide bonds. The molecule has 0 aromatic heterocycles. The van der Waals surface area contributed by atoms with Crippen LogP contribution in [0.2, 0.25) is 0 Å². The molecule has 0 unspecified atom stereocenters. The Morgan fingerprint density at radius 2 is 2.21 bits per heavy atom. The van der Waals surface area contributed by atoms with Crippen LogP contribution < -0.4 is 5.32 Å². The van der Waals surface area contributed by atoms with Crippen molar-refractivity contribution in [3.05, 3.63) is 29.3 Å². The number of fused-ring (bicyclic) bond motifs is 1. The number of hydrogen-bond donors (Lipinski definition) is 1. The van der Waals surface area contributed by atoms with Gasteiger partial charge in [0.25, 0.3) is 0 Å². The zero-order chi connectivity index (χ0) is 10.1. The number of amides is 1. The molecule has 0 saturated heterocycles. The Morgan fingerprint density at radius 3 is 2.93 bits per heavy atom. The Labute approximate surface area is 83.7 Å². The molecule has 0 saturated carbocycles. The van der Waals surface area contributed by atoms with Gasteiger partial charge in [-0.15, -0.1) is 0 Å². The van der Waals surface area contributed by atoms with Crippen LogP contribution in [0.25, 0.3) is 0 Å². The van der Waals surface area contributed by atoms with Crippen LogP contribution >= 0.6 is 0 Å². The summed E-state index contributed by atoms with van der Waals surface area (Å²) in [6.07, 6.45) is 0. The number of hydrogen-bond acceptors (Lipinski definition) is 2. The Bertz CT molecular complexity index is 374. The smallest absolute Gasteiger partial charge is 0.221 e. The van der Waals surface area contributed by atoms with Crippen LogP contribution in [0.3, 0.4) is 0 Å². The molecule has 0 radical (unpaired) electrons. The quantitative estimate of drug-likeness (QED) is 0.729. The van der Waals surface area contributed by atoms with Gasteiger partial charge in [-0.2, -0.15) is 0 Å². The second-order valence-corrected chi connectivity index (χ2v) is 3.80. The number of anilines is 1. The normalized spacial score (nSPS) is 15.3. The van der Waals surface area contributed by atoms with E-state index in [1.807, 2.05) is 12.1 Å². The van der Waals surface area contributed by atoms with Gasteiger partial charge in [0.15, 0.2) is 0 Å². The van der Waals surface area contributed by atoms with Crippen LogP contribution in [0.5, 0.6) is 0 Å². The Hall–Kier alpha value is -1.35. The van der Waals surface area contributed by atoms with Crippen molar-refractivity contribution in [3.8, 4) is 0 Å². The number of carbonyl (C=O) groups excluding carboxylic acids is 1. The van der Waals surface area contributed by atoms with E-state index >= 15 is 0 Å². The monoisotopic (exact) mass is 190 g/mol. The van der Waals surface area contributed by atoms with Crippen molar-refractivity contribution in [2.75, 3.05) is 12.4 Å². The van der Waals surface area contributed by atoms with Crippen molar-refractivity contribution >= 4 is 11.6 Å². The standard InChI is InChI=1S/C11H14N2O/c1-8(14)12-11-5-3-4-9-6-13(2)7-10(9)11/h3-5H,6-7H2,1-2H3,(H,12,14). The number of carbonyl (C=O) groups is 1. The summed E-state index contributed by atoms with van der Waals surface area (Å²) in [5.41, 5.74) is 3.53. The van der Waals surface area contributed by atoms with Crippen molar-refractivity contribution in [3.63, 3.8) is 0 Å². The Kier molecular flexibility index (Phi) is 2.25. The fraction of sp³-hybridized carbons (Fsp3) is 0.364. The SMILES string of the molecule is CC(=O)Nc1cccc2c1CN(C)C2. The van der Waals surface area contributed by atoms with Crippen molar-refractivity contribution < 1.29 is 4.79 Å². The zero-order valence-corrected chi connectivity index (χ0v) is 8.50. The number of benzene rings is 1. The van der Waals surface area contributed by atoms with Gasteiger partial charge in [0.1, 0.15) is 0 Å². The van der Waals surface area contributed by atoms with Gasteiger partial charge in [0.2, 0.25) is 5.91 Å². The molecule has 0 fully saturated rings. The van der Waals surface area contributed by atoms with Gasteiger partial charge in [-0.3, -0.25) is 9.69 Å². The van der Waals surface area contributed by atoms with Crippen LogP contribution in [-0.2, 0) is 17.9 Å². The second-order valence-electron chi connectivity index (χ2n) is 3.80. The molecule has 1 aromatic carbocycles. The fourth-order valence-corrected chi connectivity index (χ4v) is 1.89. The Balaban J connectivity index is 2.34. The molecule has 1 aliphatic rings. The lowest BCUT2D eigenvalue weighted by atomic mass is 10.1. The molecular formula is C11H14N2O. The van der Waals surface area contributed by atoms with Crippen LogP contribution in [-0.4, -0.2) is 17.9 Å². The minimum atomic E-state index is -0.00652. The van der Waals surface area contributed by atoms with Gasteiger partial charge in [0, 0.05) is 25.7 Å². The maximum absolute atomic E-state index is 11.0. The molecule has 1 heterocycles. The Morgan fingerprint density at radius 1 is 1.43 bits per heavy atom. The number of nitrogens with zero attached hydrogens (tertiary/aromatic N) is 1. The number of nitrogens with one attached hydrogen (secondary N) is 1. The van der Waals surface area contributed by atoms with Crippen molar-refractivity contribution in [1.82, 2.24) is 4.90 Å². The molecule has 0 spiro atoms. The molecule has 3 heteroatoms. The summed E-state index contributed by atoms with van der Waals surface area (Å²) in [5, 5.41) is 2.86. The third-order valence-electron chi connectivity index (χ3n) is 2.45. The van der Waals surface area contributed by atoms with E-state index in [9.17, 15) is 4.79 Å². The van der Waals surface area contributed by atoms with Gasteiger partial charge in [-0.05, 0) is 24.2 Å². The molecule has 1 aliphatic heterocycles. The summed E-state index contributed by atoms with van der Waals surface area (Å²) >= 11 is 0. The first-order valence-electron chi connectivity index (χ1n) is 4.73. The summed E-state index contributed by atoms with van der Waals surface area (Å²) < 4.78 is 0. The van der Waals surface area contributed by atoms with Crippen molar-refractivity contribution in [1.29, 1.82) is 0 Å². The third kappa shape index (κ3) is 1.63.